The lowest BCUT2D eigenvalue weighted by Crippen LogP contribution is -2.07. The van der Waals surface area contributed by atoms with E-state index in [2.05, 4.69) is 9.97 Å². The molecule has 0 atom stereocenters. The first-order valence-corrected chi connectivity index (χ1v) is 7.56. The van der Waals surface area contributed by atoms with Gasteiger partial charge < -0.3 is 9.15 Å². The van der Waals surface area contributed by atoms with Gasteiger partial charge in [0.25, 0.3) is 5.71 Å². The van der Waals surface area contributed by atoms with Crippen LogP contribution in [0.15, 0.2) is 40.8 Å². The molecule has 1 aliphatic rings. The molecule has 1 aliphatic carbocycles. The number of hydrogen-bond acceptors (Lipinski definition) is 4. The van der Waals surface area contributed by atoms with Gasteiger partial charge in [0, 0.05) is 11.6 Å². The Balaban J connectivity index is 1.68. The van der Waals surface area contributed by atoms with E-state index in [-0.39, 0.29) is 29.8 Å². The van der Waals surface area contributed by atoms with Gasteiger partial charge in [-0.25, -0.2) is 4.98 Å². The van der Waals surface area contributed by atoms with Crippen LogP contribution in [0, 0.1) is 0 Å². The number of halogens is 3. The fourth-order valence-corrected chi connectivity index (χ4v) is 2.50. The summed E-state index contributed by atoms with van der Waals surface area (Å²) in [5.41, 5.74) is 0.000438. The molecule has 0 spiro atoms. The molecule has 0 N–H and O–H groups in total. The molecule has 124 valence electrons. The average Bonchev–Trinajstić information content (AvgIpc) is 3.32. The zero-order chi connectivity index (χ0) is 16.7. The minimum absolute atomic E-state index is 0.0780. The number of rotatable bonds is 4. The first kappa shape index (κ1) is 15.0. The van der Waals surface area contributed by atoms with Crippen LogP contribution in [0.4, 0.5) is 13.2 Å². The van der Waals surface area contributed by atoms with E-state index in [1.165, 1.54) is 0 Å². The zero-order valence-corrected chi connectivity index (χ0v) is 12.5. The maximum atomic E-state index is 13.3. The Hall–Kier alpha value is -2.57. The van der Waals surface area contributed by atoms with Gasteiger partial charge in [0.05, 0.1) is 5.56 Å². The SMILES string of the molecule is FC(F)(F)c1cc(C2CC2)nc2oc(OCc3ccccc3)nc12. The van der Waals surface area contributed by atoms with Crippen molar-refractivity contribution in [3.8, 4) is 6.08 Å². The third-order valence-electron chi connectivity index (χ3n) is 3.87. The zero-order valence-electron chi connectivity index (χ0n) is 12.5. The van der Waals surface area contributed by atoms with Crippen molar-refractivity contribution in [1.82, 2.24) is 9.97 Å². The summed E-state index contributed by atoms with van der Waals surface area (Å²) in [4.78, 5) is 8.02. The van der Waals surface area contributed by atoms with Gasteiger partial charge in [-0.3, -0.25) is 0 Å². The van der Waals surface area contributed by atoms with E-state index in [1.54, 1.807) is 0 Å². The van der Waals surface area contributed by atoms with Crippen molar-refractivity contribution in [3.05, 3.63) is 53.2 Å². The number of ether oxygens (including phenoxy) is 1. The molecule has 7 heteroatoms. The molecule has 1 saturated carbocycles. The lowest BCUT2D eigenvalue weighted by molar-refractivity contribution is -0.136. The van der Waals surface area contributed by atoms with E-state index < -0.39 is 11.7 Å². The van der Waals surface area contributed by atoms with Crippen LogP contribution in [0.5, 0.6) is 6.08 Å². The summed E-state index contributed by atoms with van der Waals surface area (Å²) in [5.74, 6) is 0.0780. The normalized spacial score (nSPS) is 15.0. The minimum atomic E-state index is -4.52. The van der Waals surface area contributed by atoms with Crippen molar-refractivity contribution in [1.29, 1.82) is 0 Å². The second-order valence-electron chi connectivity index (χ2n) is 5.77. The number of fused-ring (bicyclic) bond motifs is 1. The Kier molecular flexibility index (Phi) is 3.44. The van der Waals surface area contributed by atoms with Gasteiger partial charge in [-0.2, -0.15) is 18.2 Å². The molecular formula is C17H13F3N2O2. The summed E-state index contributed by atoms with van der Waals surface area (Å²) < 4.78 is 50.5. The van der Waals surface area contributed by atoms with Crippen molar-refractivity contribution in [2.75, 3.05) is 0 Å². The predicted octanol–water partition coefficient (Wildman–Crippen LogP) is 4.70. The molecule has 0 radical (unpaired) electrons. The maximum absolute atomic E-state index is 13.3. The van der Waals surface area contributed by atoms with Crippen molar-refractivity contribution in [3.63, 3.8) is 0 Å². The van der Waals surface area contributed by atoms with Crippen LogP contribution in [-0.2, 0) is 12.8 Å². The summed E-state index contributed by atoms with van der Waals surface area (Å²) in [6.07, 6.45) is -3.03. The van der Waals surface area contributed by atoms with Gasteiger partial charge in [0.15, 0.2) is 0 Å². The van der Waals surface area contributed by atoms with Gasteiger partial charge in [-0.1, -0.05) is 30.3 Å². The van der Waals surface area contributed by atoms with Gasteiger partial charge in [-0.05, 0) is 24.5 Å². The summed E-state index contributed by atoms with van der Waals surface area (Å²) in [6, 6.07) is 10.3. The summed E-state index contributed by atoms with van der Waals surface area (Å²) >= 11 is 0. The lowest BCUT2D eigenvalue weighted by atomic mass is 10.1. The van der Waals surface area contributed by atoms with E-state index in [1.807, 2.05) is 30.3 Å². The molecule has 0 aliphatic heterocycles. The van der Waals surface area contributed by atoms with Crippen LogP contribution in [0.25, 0.3) is 11.2 Å². The van der Waals surface area contributed by atoms with E-state index in [9.17, 15) is 13.2 Å². The highest BCUT2D eigenvalue weighted by atomic mass is 19.4. The highest BCUT2D eigenvalue weighted by molar-refractivity contribution is 5.74. The van der Waals surface area contributed by atoms with Crippen LogP contribution < -0.4 is 4.74 Å². The summed E-state index contributed by atoms with van der Waals surface area (Å²) in [6.45, 7) is 0.157. The molecule has 4 rings (SSSR count). The number of aromatic nitrogens is 2. The first-order chi connectivity index (χ1) is 11.5. The third-order valence-corrected chi connectivity index (χ3v) is 3.87. The lowest BCUT2D eigenvalue weighted by Gasteiger charge is -2.07. The number of alkyl halides is 3. The van der Waals surface area contributed by atoms with Gasteiger partial charge in [-0.15, -0.1) is 0 Å². The fraction of sp³-hybridized carbons (Fsp3) is 0.294. The van der Waals surface area contributed by atoms with Crippen LogP contribution in [0.3, 0.4) is 0 Å². The number of hydrogen-bond donors (Lipinski definition) is 0. The molecule has 0 unspecified atom stereocenters. The van der Waals surface area contributed by atoms with Gasteiger partial charge in [0.2, 0.25) is 0 Å². The summed E-state index contributed by atoms with van der Waals surface area (Å²) in [5, 5.41) is 0. The largest absolute Gasteiger partial charge is 0.445 e. The number of benzene rings is 1. The van der Waals surface area contributed by atoms with Crippen molar-refractivity contribution in [2.24, 2.45) is 0 Å². The molecular weight excluding hydrogens is 321 g/mol. The van der Waals surface area contributed by atoms with Gasteiger partial charge >= 0.3 is 12.3 Å². The third kappa shape index (κ3) is 2.93. The molecule has 3 aromatic rings. The fourth-order valence-electron chi connectivity index (χ4n) is 2.50. The second kappa shape index (κ2) is 5.51. The first-order valence-electron chi connectivity index (χ1n) is 7.56. The molecule has 2 aromatic heterocycles. The average molecular weight is 334 g/mol. The van der Waals surface area contributed by atoms with Crippen molar-refractivity contribution < 1.29 is 22.3 Å². The monoisotopic (exact) mass is 334 g/mol. The van der Waals surface area contributed by atoms with Crippen LogP contribution in [-0.4, -0.2) is 9.97 Å². The van der Waals surface area contributed by atoms with Gasteiger partial charge in [0.1, 0.15) is 12.1 Å². The molecule has 0 amide bonds. The highest BCUT2D eigenvalue weighted by Crippen LogP contribution is 2.43. The standard InChI is InChI=1S/C17H13F3N2O2/c18-17(19,20)12-8-13(11-6-7-11)21-15-14(12)22-16(24-15)23-9-10-4-2-1-3-5-10/h1-5,8,11H,6-7,9H2. The molecule has 4 nitrogen and oxygen atoms in total. The van der Waals surface area contributed by atoms with E-state index in [0.29, 0.717) is 5.69 Å². The number of nitrogens with zero attached hydrogens (tertiary/aromatic N) is 2. The Labute approximate surface area is 135 Å². The number of pyridine rings is 1. The Morgan fingerprint density at radius 2 is 1.88 bits per heavy atom. The maximum Gasteiger partial charge on any atom is 0.418 e. The van der Waals surface area contributed by atoms with Crippen LogP contribution in [0.2, 0.25) is 0 Å². The van der Waals surface area contributed by atoms with E-state index in [0.717, 1.165) is 24.5 Å². The molecule has 2 heterocycles. The second-order valence-corrected chi connectivity index (χ2v) is 5.77. The molecule has 0 bridgehead atoms. The molecule has 1 fully saturated rings. The van der Waals surface area contributed by atoms with Crippen molar-refractivity contribution in [2.45, 2.75) is 31.5 Å². The Bertz CT molecular complexity index is 871. The minimum Gasteiger partial charge on any atom is -0.445 e. The smallest absolute Gasteiger partial charge is 0.418 e. The van der Waals surface area contributed by atoms with Crippen LogP contribution in [0.1, 0.15) is 35.6 Å². The van der Waals surface area contributed by atoms with E-state index in [4.69, 9.17) is 9.15 Å². The molecule has 0 saturated heterocycles. The summed E-state index contributed by atoms with van der Waals surface area (Å²) in [7, 11) is 0. The van der Waals surface area contributed by atoms with E-state index >= 15 is 0 Å². The number of oxazole rings is 1. The molecule has 1 aromatic carbocycles. The molecule has 24 heavy (non-hydrogen) atoms. The predicted molar refractivity (Wildman–Crippen MR) is 79.6 cm³/mol. The highest BCUT2D eigenvalue weighted by Gasteiger charge is 2.37. The Morgan fingerprint density at radius 3 is 2.54 bits per heavy atom. The van der Waals surface area contributed by atoms with Crippen LogP contribution >= 0.6 is 0 Å². The topological polar surface area (TPSA) is 48.2 Å². The quantitative estimate of drug-likeness (QED) is 0.694. The van der Waals surface area contributed by atoms with Crippen molar-refractivity contribution >= 4 is 11.2 Å². The Morgan fingerprint density at radius 1 is 1.12 bits per heavy atom.